The van der Waals surface area contributed by atoms with Crippen LogP contribution < -0.4 is 11.3 Å². The van der Waals surface area contributed by atoms with Crippen molar-refractivity contribution in [2.24, 2.45) is 5.92 Å². The minimum Gasteiger partial charge on any atom is -0.383 e. The van der Waals surface area contributed by atoms with Gasteiger partial charge in [0.1, 0.15) is 17.3 Å². The summed E-state index contributed by atoms with van der Waals surface area (Å²) in [6, 6.07) is 18.9. The fourth-order valence-corrected chi connectivity index (χ4v) is 5.37. The second-order valence-electron chi connectivity index (χ2n) is 10.6. The number of fused-ring (bicyclic) bond motifs is 1. The van der Waals surface area contributed by atoms with E-state index in [0.717, 1.165) is 29.2 Å². The minimum atomic E-state index is -0.453. The second kappa shape index (κ2) is 10.5. The van der Waals surface area contributed by atoms with Crippen molar-refractivity contribution in [3.63, 3.8) is 0 Å². The third-order valence-electron chi connectivity index (χ3n) is 7.68. The van der Waals surface area contributed by atoms with Crippen LogP contribution in [0.5, 0.6) is 0 Å². The molecule has 1 aliphatic carbocycles. The Morgan fingerprint density at radius 2 is 1.95 bits per heavy atom. The molecule has 7 nitrogen and oxygen atoms in total. The Morgan fingerprint density at radius 1 is 1.10 bits per heavy atom. The van der Waals surface area contributed by atoms with Crippen LogP contribution in [0, 0.1) is 18.7 Å². The molecule has 5 aromatic rings. The Bertz CT molecular complexity index is 1790. The van der Waals surface area contributed by atoms with E-state index in [4.69, 9.17) is 5.73 Å². The van der Waals surface area contributed by atoms with Crippen LogP contribution in [0.2, 0.25) is 0 Å². The van der Waals surface area contributed by atoms with Crippen LogP contribution in [0.15, 0.2) is 83.9 Å². The molecule has 1 fully saturated rings. The number of nitrogens with two attached hydrogens (primary N) is 1. The maximum Gasteiger partial charge on any atom is 0.251 e. The number of pyridine rings is 2. The molecule has 8 heteroatoms. The summed E-state index contributed by atoms with van der Waals surface area (Å²) < 4.78 is 18.4. The third kappa shape index (κ3) is 5.17. The predicted molar refractivity (Wildman–Crippen MR) is 153 cm³/mol. The van der Waals surface area contributed by atoms with E-state index in [-0.39, 0.29) is 23.8 Å². The molecule has 3 heterocycles. The van der Waals surface area contributed by atoms with E-state index in [9.17, 15) is 9.59 Å². The molecule has 0 radical (unpaired) electrons. The molecule has 6 rings (SSSR count). The Morgan fingerprint density at radius 3 is 2.75 bits per heavy atom. The molecule has 2 aromatic carbocycles. The maximum absolute atomic E-state index is 15.1. The molecular formula is C32H30FN5O2. The number of carbonyl (C=O) groups is 1. The molecule has 0 saturated heterocycles. The first-order valence-corrected chi connectivity index (χ1v) is 13.6. The Labute approximate surface area is 231 Å². The molecule has 202 valence electrons. The van der Waals surface area contributed by atoms with Gasteiger partial charge in [-0.05, 0) is 78.6 Å². The van der Waals surface area contributed by atoms with Crippen molar-refractivity contribution >= 4 is 22.4 Å². The normalized spacial score (nSPS) is 13.9. The Hall–Kier alpha value is -4.59. The largest absolute Gasteiger partial charge is 0.383 e. The SMILES string of the molecule is Cc1cc(C(=O)Cc2cc(C(CCC3CC3)n3ccccc3=O)ccc2F)n(-c2ccc3ccnc(N)c3c2)n1. The van der Waals surface area contributed by atoms with Crippen molar-refractivity contribution in [3.05, 3.63) is 118 Å². The summed E-state index contributed by atoms with van der Waals surface area (Å²) >= 11 is 0. The highest BCUT2D eigenvalue weighted by molar-refractivity contribution is 5.97. The van der Waals surface area contributed by atoms with Gasteiger partial charge in [0.05, 0.1) is 17.4 Å². The summed E-state index contributed by atoms with van der Waals surface area (Å²) in [5.41, 5.74) is 8.79. The van der Waals surface area contributed by atoms with Crippen molar-refractivity contribution in [3.8, 4) is 5.69 Å². The molecule has 0 aliphatic heterocycles. The van der Waals surface area contributed by atoms with Gasteiger partial charge in [-0.3, -0.25) is 9.59 Å². The van der Waals surface area contributed by atoms with Crippen LogP contribution in [0.25, 0.3) is 16.5 Å². The van der Waals surface area contributed by atoms with Crippen LogP contribution >= 0.6 is 0 Å². The fourth-order valence-electron chi connectivity index (χ4n) is 5.37. The molecule has 0 amide bonds. The molecule has 0 bridgehead atoms. The number of halogens is 1. The van der Waals surface area contributed by atoms with Crippen LogP contribution in [0.3, 0.4) is 0 Å². The molecule has 2 N–H and O–H groups in total. The van der Waals surface area contributed by atoms with Gasteiger partial charge in [-0.2, -0.15) is 5.10 Å². The van der Waals surface area contributed by atoms with Crippen molar-refractivity contribution in [1.82, 2.24) is 19.3 Å². The van der Waals surface area contributed by atoms with E-state index < -0.39 is 5.82 Å². The first-order chi connectivity index (χ1) is 19.4. The van der Waals surface area contributed by atoms with Crippen LogP contribution in [-0.2, 0) is 6.42 Å². The van der Waals surface area contributed by atoms with Crippen LogP contribution in [-0.4, -0.2) is 25.1 Å². The maximum atomic E-state index is 15.1. The van der Waals surface area contributed by atoms with Crippen LogP contribution in [0.4, 0.5) is 10.2 Å². The van der Waals surface area contributed by atoms with E-state index >= 15 is 4.39 Å². The number of hydrogen-bond acceptors (Lipinski definition) is 5. The lowest BCUT2D eigenvalue weighted by Crippen LogP contribution is -2.24. The first kappa shape index (κ1) is 25.7. The monoisotopic (exact) mass is 535 g/mol. The topological polar surface area (TPSA) is 95.8 Å². The first-order valence-electron chi connectivity index (χ1n) is 13.6. The zero-order valence-corrected chi connectivity index (χ0v) is 22.3. The molecular weight excluding hydrogens is 505 g/mol. The van der Waals surface area contributed by atoms with Crippen molar-refractivity contribution in [2.75, 3.05) is 5.73 Å². The molecule has 3 aromatic heterocycles. The number of nitrogen functional groups attached to an aromatic ring is 1. The summed E-state index contributed by atoms with van der Waals surface area (Å²) in [5, 5.41) is 6.24. The molecule has 1 saturated carbocycles. The summed E-state index contributed by atoms with van der Waals surface area (Å²) in [5.74, 6) is 0.366. The van der Waals surface area contributed by atoms with Gasteiger partial charge < -0.3 is 10.3 Å². The van der Waals surface area contributed by atoms with Gasteiger partial charge in [0.25, 0.3) is 5.56 Å². The highest BCUT2D eigenvalue weighted by Crippen LogP contribution is 2.37. The van der Waals surface area contributed by atoms with E-state index in [2.05, 4.69) is 10.1 Å². The lowest BCUT2D eigenvalue weighted by Gasteiger charge is -2.21. The lowest BCUT2D eigenvalue weighted by molar-refractivity contribution is 0.0984. The van der Waals surface area contributed by atoms with E-state index in [1.807, 2.05) is 37.3 Å². The summed E-state index contributed by atoms with van der Waals surface area (Å²) in [7, 11) is 0. The summed E-state index contributed by atoms with van der Waals surface area (Å²) in [6.45, 7) is 1.81. The molecule has 1 atom stereocenters. The number of aromatic nitrogens is 4. The molecule has 1 unspecified atom stereocenters. The average molecular weight is 536 g/mol. The quantitative estimate of drug-likeness (QED) is 0.240. The highest BCUT2D eigenvalue weighted by Gasteiger charge is 2.25. The molecule has 1 aliphatic rings. The number of carbonyl (C=O) groups excluding carboxylic acids is 1. The van der Waals surface area contributed by atoms with Gasteiger partial charge in [-0.25, -0.2) is 14.1 Å². The number of Topliss-reactive ketones (excluding diaryl/α,β-unsaturated/α-hetero) is 1. The number of benzene rings is 2. The lowest BCUT2D eigenvalue weighted by atomic mass is 9.96. The van der Waals surface area contributed by atoms with E-state index in [1.165, 1.54) is 25.0 Å². The number of rotatable bonds is 9. The number of ketones is 1. The van der Waals surface area contributed by atoms with Crippen molar-refractivity contribution in [1.29, 1.82) is 0 Å². The third-order valence-corrected chi connectivity index (χ3v) is 7.68. The van der Waals surface area contributed by atoms with Gasteiger partial charge >= 0.3 is 0 Å². The smallest absolute Gasteiger partial charge is 0.251 e. The summed E-state index contributed by atoms with van der Waals surface area (Å²) in [6.07, 6.45) is 7.50. The number of aryl methyl sites for hydroxylation is 1. The molecule has 0 spiro atoms. The molecule has 40 heavy (non-hydrogen) atoms. The fraction of sp³-hybridized carbons (Fsp3) is 0.250. The average Bonchev–Trinajstić information content (AvgIpc) is 3.70. The van der Waals surface area contributed by atoms with Crippen molar-refractivity contribution < 1.29 is 9.18 Å². The van der Waals surface area contributed by atoms with Gasteiger partial charge in [0, 0.05) is 30.3 Å². The van der Waals surface area contributed by atoms with E-state index in [0.29, 0.717) is 34.4 Å². The number of nitrogens with zero attached hydrogens (tertiary/aromatic N) is 4. The predicted octanol–water partition coefficient (Wildman–Crippen LogP) is 5.82. The number of hydrogen-bond donors (Lipinski definition) is 1. The van der Waals surface area contributed by atoms with Crippen LogP contribution in [0.1, 0.15) is 59.0 Å². The van der Waals surface area contributed by atoms with Gasteiger partial charge in [0.15, 0.2) is 5.78 Å². The standard InChI is InChI=1S/C32H30FN5O2/c1-20-16-29(38(36-20)25-10-8-22-13-14-35-32(34)26(22)19-25)30(39)18-24-17-23(9-11-27(24)33)28(12-7-21-5-6-21)37-15-3-2-4-31(37)40/h2-4,8-11,13-17,19,21,28H,5-7,12,18H2,1H3,(H2,34,35). The van der Waals surface area contributed by atoms with Gasteiger partial charge in [0.2, 0.25) is 0 Å². The zero-order chi connectivity index (χ0) is 27.8. The van der Waals surface area contributed by atoms with Gasteiger partial charge in [-0.1, -0.05) is 37.1 Å². The minimum absolute atomic E-state index is 0.101. The van der Waals surface area contributed by atoms with E-state index in [1.54, 1.807) is 45.9 Å². The Balaban J connectivity index is 1.33. The van der Waals surface area contributed by atoms with Gasteiger partial charge in [-0.15, -0.1) is 0 Å². The highest BCUT2D eigenvalue weighted by atomic mass is 19.1. The second-order valence-corrected chi connectivity index (χ2v) is 10.6. The van der Waals surface area contributed by atoms with Crippen molar-refractivity contribution in [2.45, 2.75) is 45.1 Å². The zero-order valence-electron chi connectivity index (χ0n) is 22.3. The Kier molecular flexibility index (Phi) is 6.76. The number of anilines is 1. The summed E-state index contributed by atoms with van der Waals surface area (Å²) in [4.78, 5) is 30.5.